The quantitative estimate of drug-likeness (QED) is 0.894. The Labute approximate surface area is 125 Å². The van der Waals surface area contributed by atoms with E-state index in [-0.39, 0.29) is 5.92 Å². The van der Waals surface area contributed by atoms with Crippen LogP contribution in [0.25, 0.3) is 0 Å². The van der Waals surface area contributed by atoms with Crippen LogP contribution in [0.3, 0.4) is 0 Å². The summed E-state index contributed by atoms with van der Waals surface area (Å²) in [6.45, 7) is 9.39. The van der Waals surface area contributed by atoms with Crippen LogP contribution < -0.4 is 9.80 Å². The van der Waals surface area contributed by atoms with Gasteiger partial charge in [-0.1, -0.05) is 0 Å². The Hall–Kier alpha value is -1.85. The predicted octanol–water partition coefficient (Wildman–Crippen LogP) is 1.93. The number of piperidine rings is 1. The van der Waals surface area contributed by atoms with Crippen molar-refractivity contribution in [3.8, 4) is 0 Å². The minimum absolute atomic E-state index is 0.216. The van der Waals surface area contributed by atoms with Crippen molar-refractivity contribution in [1.29, 1.82) is 0 Å². The van der Waals surface area contributed by atoms with Crippen LogP contribution >= 0.6 is 0 Å². The first-order valence-electron chi connectivity index (χ1n) is 7.63. The molecule has 0 spiro atoms. The van der Waals surface area contributed by atoms with Crippen LogP contribution in [0, 0.1) is 12.8 Å². The molecule has 1 N–H and O–H groups in total. The number of anilines is 2. The summed E-state index contributed by atoms with van der Waals surface area (Å²) in [6.07, 6.45) is 1.36. The average Bonchev–Trinajstić information content (AvgIpc) is 2.48. The summed E-state index contributed by atoms with van der Waals surface area (Å²) in [6, 6.07) is 1.98. The molecule has 116 valence electrons. The maximum Gasteiger partial charge on any atom is 0.306 e. The lowest BCUT2D eigenvalue weighted by Gasteiger charge is -2.31. The molecule has 1 aromatic heterocycles. The van der Waals surface area contributed by atoms with E-state index in [2.05, 4.69) is 33.6 Å². The van der Waals surface area contributed by atoms with E-state index in [1.807, 2.05) is 13.0 Å². The van der Waals surface area contributed by atoms with Crippen LogP contribution in [0.4, 0.5) is 11.8 Å². The van der Waals surface area contributed by atoms with Crippen molar-refractivity contribution in [3.05, 3.63) is 11.8 Å². The van der Waals surface area contributed by atoms with Gasteiger partial charge >= 0.3 is 5.97 Å². The molecule has 1 aliphatic heterocycles. The highest BCUT2D eigenvalue weighted by molar-refractivity contribution is 5.70. The number of aryl methyl sites for hydroxylation is 1. The van der Waals surface area contributed by atoms with E-state index in [4.69, 9.17) is 5.11 Å². The largest absolute Gasteiger partial charge is 0.481 e. The van der Waals surface area contributed by atoms with E-state index in [0.29, 0.717) is 12.8 Å². The van der Waals surface area contributed by atoms with Crippen LogP contribution in [-0.4, -0.2) is 47.2 Å². The third kappa shape index (κ3) is 3.62. The molecule has 0 aromatic carbocycles. The number of aliphatic carboxylic acids is 1. The molecule has 1 fully saturated rings. The Morgan fingerprint density at radius 3 is 2.48 bits per heavy atom. The predicted molar refractivity (Wildman–Crippen MR) is 82.9 cm³/mol. The highest BCUT2D eigenvalue weighted by Gasteiger charge is 2.25. The molecule has 6 nitrogen and oxygen atoms in total. The van der Waals surface area contributed by atoms with Crippen molar-refractivity contribution in [1.82, 2.24) is 9.97 Å². The number of carbonyl (C=O) groups is 1. The first-order valence-corrected chi connectivity index (χ1v) is 7.63. The molecule has 2 rings (SSSR count). The first-order chi connectivity index (χ1) is 10.0. The number of rotatable bonds is 5. The lowest BCUT2D eigenvalue weighted by molar-refractivity contribution is -0.142. The topological polar surface area (TPSA) is 69.6 Å². The summed E-state index contributed by atoms with van der Waals surface area (Å²) in [4.78, 5) is 24.5. The zero-order valence-electron chi connectivity index (χ0n) is 13.0. The number of hydrogen-bond donors (Lipinski definition) is 1. The van der Waals surface area contributed by atoms with Gasteiger partial charge in [-0.2, -0.15) is 4.98 Å². The van der Waals surface area contributed by atoms with Gasteiger partial charge in [0.15, 0.2) is 0 Å². The molecule has 0 saturated carbocycles. The van der Waals surface area contributed by atoms with E-state index < -0.39 is 5.97 Å². The van der Waals surface area contributed by atoms with Crippen LogP contribution in [0.1, 0.15) is 32.4 Å². The second kappa shape index (κ2) is 6.74. The normalized spacial score (nSPS) is 16.0. The van der Waals surface area contributed by atoms with Crippen LogP contribution in [-0.2, 0) is 4.79 Å². The standard InChI is InChI=1S/C15H24N4O2/c1-4-18(5-2)15-16-11(3)10-13(17-15)19-8-6-12(7-9-19)14(20)21/h10,12H,4-9H2,1-3H3,(H,20,21). The van der Waals surface area contributed by atoms with Gasteiger partial charge in [-0.25, -0.2) is 4.98 Å². The number of carboxylic acids is 1. The van der Waals surface area contributed by atoms with Crippen molar-refractivity contribution in [3.63, 3.8) is 0 Å². The minimum Gasteiger partial charge on any atom is -0.481 e. The monoisotopic (exact) mass is 292 g/mol. The molecular formula is C15H24N4O2. The molecule has 1 saturated heterocycles. The Bertz CT molecular complexity index is 494. The van der Waals surface area contributed by atoms with Gasteiger partial charge in [0.05, 0.1) is 5.92 Å². The molecule has 0 bridgehead atoms. The second-order valence-electron chi connectivity index (χ2n) is 5.44. The van der Waals surface area contributed by atoms with Gasteiger partial charge < -0.3 is 14.9 Å². The molecule has 21 heavy (non-hydrogen) atoms. The summed E-state index contributed by atoms with van der Waals surface area (Å²) >= 11 is 0. The zero-order chi connectivity index (χ0) is 15.4. The highest BCUT2D eigenvalue weighted by atomic mass is 16.4. The van der Waals surface area contributed by atoms with Crippen molar-refractivity contribution >= 4 is 17.7 Å². The molecule has 6 heteroatoms. The third-order valence-corrected chi connectivity index (χ3v) is 4.04. The molecular weight excluding hydrogens is 268 g/mol. The van der Waals surface area contributed by atoms with Crippen LogP contribution in [0.5, 0.6) is 0 Å². The second-order valence-corrected chi connectivity index (χ2v) is 5.44. The van der Waals surface area contributed by atoms with E-state index in [0.717, 1.165) is 43.6 Å². The third-order valence-electron chi connectivity index (χ3n) is 4.04. The molecule has 0 atom stereocenters. The van der Waals surface area contributed by atoms with Crippen molar-refractivity contribution in [2.24, 2.45) is 5.92 Å². The molecule has 1 aromatic rings. The Morgan fingerprint density at radius 1 is 1.33 bits per heavy atom. The van der Waals surface area contributed by atoms with Gasteiger partial charge in [0.25, 0.3) is 0 Å². The summed E-state index contributed by atoms with van der Waals surface area (Å²) < 4.78 is 0. The summed E-state index contributed by atoms with van der Waals surface area (Å²) in [5.41, 5.74) is 0.947. The Kier molecular flexibility index (Phi) is 4.98. The summed E-state index contributed by atoms with van der Waals surface area (Å²) in [5.74, 6) is 0.771. The summed E-state index contributed by atoms with van der Waals surface area (Å²) in [7, 11) is 0. The van der Waals surface area contributed by atoms with Gasteiger partial charge in [0, 0.05) is 37.9 Å². The van der Waals surface area contributed by atoms with Gasteiger partial charge in [0.1, 0.15) is 5.82 Å². The maximum absolute atomic E-state index is 11.0. The zero-order valence-corrected chi connectivity index (χ0v) is 13.0. The molecule has 0 amide bonds. The van der Waals surface area contributed by atoms with Gasteiger partial charge in [-0.3, -0.25) is 4.79 Å². The fourth-order valence-electron chi connectivity index (χ4n) is 2.70. The fraction of sp³-hybridized carbons (Fsp3) is 0.667. The molecule has 2 heterocycles. The SMILES string of the molecule is CCN(CC)c1nc(C)cc(N2CCC(C(=O)O)CC2)n1. The molecule has 1 aliphatic rings. The van der Waals surface area contributed by atoms with Crippen molar-refractivity contribution in [2.75, 3.05) is 36.0 Å². The average molecular weight is 292 g/mol. The first kappa shape index (κ1) is 15.5. The van der Waals surface area contributed by atoms with Crippen molar-refractivity contribution in [2.45, 2.75) is 33.6 Å². The lowest BCUT2D eigenvalue weighted by atomic mass is 9.97. The molecule has 0 radical (unpaired) electrons. The Morgan fingerprint density at radius 2 is 1.95 bits per heavy atom. The lowest BCUT2D eigenvalue weighted by Crippen LogP contribution is -2.37. The highest BCUT2D eigenvalue weighted by Crippen LogP contribution is 2.24. The minimum atomic E-state index is -0.683. The maximum atomic E-state index is 11.0. The number of aromatic nitrogens is 2. The Balaban J connectivity index is 2.15. The molecule has 0 aliphatic carbocycles. The van der Waals surface area contributed by atoms with E-state index in [1.165, 1.54) is 0 Å². The number of carboxylic acid groups (broad SMARTS) is 1. The molecule has 0 unspecified atom stereocenters. The van der Waals surface area contributed by atoms with Crippen LogP contribution in [0.2, 0.25) is 0 Å². The van der Waals surface area contributed by atoms with Gasteiger partial charge in [-0.15, -0.1) is 0 Å². The smallest absolute Gasteiger partial charge is 0.306 e. The van der Waals surface area contributed by atoms with Crippen LogP contribution in [0.15, 0.2) is 6.07 Å². The van der Waals surface area contributed by atoms with Crippen molar-refractivity contribution < 1.29 is 9.90 Å². The summed E-state index contributed by atoms with van der Waals surface area (Å²) in [5, 5.41) is 9.07. The van der Waals surface area contributed by atoms with E-state index >= 15 is 0 Å². The fourth-order valence-corrected chi connectivity index (χ4v) is 2.70. The van der Waals surface area contributed by atoms with Gasteiger partial charge in [-0.05, 0) is 33.6 Å². The number of hydrogen-bond acceptors (Lipinski definition) is 5. The van der Waals surface area contributed by atoms with Gasteiger partial charge in [0.2, 0.25) is 5.95 Å². The number of nitrogens with zero attached hydrogens (tertiary/aromatic N) is 4. The van der Waals surface area contributed by atoms with E-state index in [9.17, 15) is 4.79 Å². The van der Waals surface area contributed by atoms with E-state index in [1.54, 1.807) is 0 Å².